The Bertz CT molecular complexity index is 287. The summed E-state index contributed by atoms with van der Waals surface area (Å²) in [6, 6.07) is 0. The number of nitrogens with zero attached hydrogens (tertiary/aromatic N) is 2. The van der Waals surface area contributed by atoms with Crippen molar-refractivity contribution in [2.75, 3.05) is 17.6 Å². The zero-order chi connectivity index (χ0) is 8.97. The van der Waals surface area contributed by atoms with Crippen molar-refractivity contribution in [1.29, 1.82) is 0 Å². The van der Waals surface area contributed by atoms with E-state index in [1.807, 2.05) is 0 Å². The standard InChI is InChI=1S/C7H9ClN4/c1-2-3-10-7-5(8)6(9)11-4-12-7/h2,4H,1,3H2,(H3,9,10,11,12). The second kappa shape index (κ2) is 3.92. The molecule has 0 atom stereocenters. The van der Waals surface area contributed by atoms with Gasteiger partial charge in [-0.3, -0.25) is 0 Å². The molecule has 0 bridgehead atoms. The first-order chi connectivity index (χ1) is 5.75. The van der Waals surface area contributed by atoms with Crippen molar-refractivity contribution >= 4 is 23.2 Å². The topological polar surface area (TPSA) is 63.8 Å². The molecule has 0 fully saturated rings. The summed E-state index contributed by atoms with van der Waals surface area (Å²) in [4.78, 5) is 7.61. The second-order valence-corrected chi connectivity index (χ2v) is 2.47. The van der Waals surface area contributed by atoms with Gasteiger partial charge in [0.15, 0.2) is 5.82 Å². The highest BCUT2D eigenvalue weighted by atomic mass is 35.5. The predicted molar refractivity (Wildman–Crippen MR) is 50.1 cm³/mol. The quantitative estimate of drug-likeness (QED) is 0.696. The molecule has 3 N–H and O–H groups in total. The summed E-state index contributed by atoms with van der Waals surface area (Å²) in [7, 11) is 0. The van der Waals surface area contributed by atoms with Gasteiger partial charge in [-0.05, 0) is 0 Å². The number of rotatable bonds is 3. The maximum absolute atomic E-state index is 5.78. The Hall–Kier alpha value is -1.29. The normalized spacial score (nSPS) is 9.42. The van der Waals surface area contributed by atoms with E-state index >= 15 is 0 Å². The Balaban J connectivity index is 2.84. The molecule has 5 heteroatoms. The van der Waals surface area contributed by atoms with Crippen molar-refractivity contribution in [2.24, 2.45) is 0 Å². The van der Waals surface area contributed by atoms with Gasteiger partial charge < -0.3 is 11.1 Å². The highest BCUT2D eigenvalue weighted by Crippen LogP contribution is 2.22. The van der Waals surface area contributed by atoms with Gasteiger partial charge >= 0.3 is 0 Å². The number of hydrogen-bond acceptors (Lipinski definition) is 4. The Morgan fingerprint density at radius 2 is 2.42 bits per heavy atom. The van der Waals surface area contributed by atoms with Gasteiger partial charge in [0, 0.05) is 6.54 Å². The monoisotopic (exact) mass is 184 g/mol. The predicted octanol–water partition coefficient (Wildman–Crippen LogP) is 1.31. The third-order valence-corrected chi connectivity index (χ3v) is 1.60. The highest BCUT2D eigenvalue weighted by Gasteiger charge is 2.03. The largest absolute Gasteiger partial charge is 0.382 e. The second-order valence-electron chi connectivity index (χ2n) is 2.09. The van der Waals surface area contributed by atoms with Gasteiger partial charge in [-0.25, -0.2) is 9.97 Å². The van der Waals surface area contributed by atoms with Gasteiger partial charge in [0.2, 0.25) is 0 Å². The Labute approximate surface area is 75.5 Å². The van der Waals surface area contributed by atoms with Gasteiger partial charge in [0.1, 0.15) is 17.2 Å². The van der Waals surface area contributed by atoms with Crippen LogP contribution < -0.4 is 11.1 Å². The van der Waals surface area contributed by atoms with Crippen LogP contribution in [0.3, 0.4) is 0 Å². The lowest BCUT2D eigenvalue weighted by molar-refractivity contribution is 1.15. The van der Waals surface area contributed by atoms with Gasteiger partial charge in [-0.15, -0.1) is 6.58 Å². The van der Waals surface area contributed by atoms with E-state index in [9.17, 15) is 0 Å². The summed E-state index contributed by atoms with van der Waals surface area (Å²) in [5, 5.41) is 3.27. The summed E-state index contributed by atoms with van der Waals surface area (Å²) in [5.74, 6) is 0.808. The van der Waals surface area contributed by atoms with Crippen LogP contribution in [0.5, 0.6) is 0 Å². The molecule has 64 valence electrons. The van der Waals surface area contributed by atoms with Crippen LogP contribution in [0.4, 0.5) is 11.6 Å². The molecule has 0 unspecified atom stereocenters. The summed E-state index contributed by atoms with van der Waals surface area (Å²) in [5.41, 5.74) is 5.44. The van der Waals surface area contributed by atoms with E-state index in [0.717, 1.165) is 0 Å². The molecule has 0 amide bonds. The zero-order valence-electron chi connectivity index (χ0n) is 6.42. The van der Waals surface area contributed by atoms with Crippen LogP contribution in [-0.4, -0.2) is 16.5 Å². The van der Waals surface area contributed by atoms with E-state index in [4.69, 9.17) is 17.3 Å². The summed E-state index contributed by atoms with van der Waals surface area (Å²) in [6.45, 7) is 4.14. The molecule has 1 heterocycles. The molecule has 4 nitrogen and oxygen atoms in total. The van der Waals surface area contributed by atoms with Crippen molar-refractivity contribution in [2.45, 2.75) is 0 Å². The fourth-order valence-electron chi connectivity index (χ4n) is 0.676. The van der Waals surface area contributed by atoms with Crippen molar-refractivity contribution in [3.8, 4) is 0 Å². The molecule has 12 heavy (non-hydrogen) atoms. The third kappa shape index (κ3) is 1.85. The number of aromatic nitrogens is 2. The number of nitrogen functional groups attached to an aromatic ring is 1. The lowest BCUT2D eigenvalue weighted by Gasteiger charge is -2.04. The first kappa shape index (κ1) is 8.80. The maximum atomic E-state index is 5.78. The fourth-order valence-corrected chi connectivity index (χ4v) is 0.840. The molecule has 0 aliphatic heterocycles. The molecule has 0 saturated carbocycles. The molecule has 1 rings (SSSR count). The van der Waals surface area contributed by atoms with E-state index in [2.05, 4.69) is 21.9 Å². The van der Waals surface area contributed by atoms with Gasteiger partial charge in [-0.1, -0.05) is 17.7 Å². The van der Waals surface area contributed by atoms with Crippen LogP contribution >= 0.6 is 11.6 Å². The van der Waals surface area contributed by atoms with E-state index in [-0.39, 0.29) is 5.82 Å². The molecule has 0 spiro atoms. The number of halogens is 1. The minimum absolute atomic E-state index is 0.276. The van der Waals surface area contributed by atoms with Crippen LogP contribution in [0.2, 0.25) is 5.02 Å². The van der Waals surface area contributed by atoms with Crippen molar-refractivity contribution < 1.29 is 0 Å². The van der Waals surface area contributed by atoms with Crippen molar-refractivity contribution in [3.63, 3.8) is 0 Å². The minimum Gasteiger partial charge on any atom is -0.382 e. The Morgan fingerprint density at radius 1 is 1.67 bits per heavy atom. The average molecular weight is 185 g/mol. The minimum atomic E-state index is 0.276. The average Bonchev–Trinajstić information content (AvgIpc) is 2.08. The molecule has 1 aromatic heterocycles. The van der Waals surface area contributed by atoms with E-state index < -0.39 is 0 Å². The lowest BCUT2D eigenvalue weighted by Crippen LogP contribution is -2.03. The first-order valence-corrected chi connectivity index (χ1v) is 3.74. The van der Waals surface area contributed by atoms with Crippen molar-refractivity contribution in [3.05, 3.63) is 24.0 Å². The molecule has 0 aliphatic rings. The van der Waals surface area contributed by atoms with Crippen LogP contribution in [-0.2, 0) is 0 Å². The molecule has 1 aromatic rings. The van der Waals surface area contributed by atoms with Gasteiger partial charge in [0.25, 0.3) is 0 Å². The Kier molecular flexibility index (Phi) is 2.88. The maximum Gasteiger partial charge on any atom is 0.150 e. The molecule has 0 aromatic carbocycles. The van der Waals surface area contributed by atoms with Crippen LogP contribution in [0, 0.1) is 0 Å². The molecule has 0 radical (unpaired) electrons. The number of nitrogens with one attached hydrogen (secondary N) is 1. The fraction of sp³-hybridized carbons (Fsp3) is 0.143. The molecular formula is C7H9ClN4. The highest BCUT2D eigenvalue weighted by molar-refractivity contribution is 6.35. The van der Waals surface area contributed by atoms with Crippen LogP contribution in [0.25, 0.3) is 0 Å². The molecular weight excluding hydrogens is 176 g/mol. The summed E-state index contributed by atoms with van der Waals surface area (Å²) < 4.78 is 0. The van der Waals surface area contributed by atoms with Crippen molar-refractivity contribution in [1.82, 2.24) is 9.97 Å². The van der Waals surface area contributed by atoms with E-state index in [0.29, 0.717) is 17.4 Å². The number of anilines is 2. The smallest absolute Gasteiger partial charge is 0.150 e. The van der Waals surface area contributed by atoms with E-state index in [1.165, 1.54) is 6.33 Å². The molecule has 0 saturated heterocycles. The number of hydrogen-bond donors (Lipinski definition) is 2. The lowest BCUT2D eigenvalue weighted by atomic mass is 10.5. The van der Waals surface area contributed by atoms with Crippen LogP contribution in [0.1, 0.15) is 0 Å². The van der Waals surface area contributed by atoms with Gasteiger partial charge in [-0.2, -0.15) is 0 Å². The number of nitrogens with two attached hydrogens (primary N) is 1. The Morgan fingerprint density at radius 3 is 3.08 bits per heavy atom. The van der Waals surface area contributed by atoms with Crippen LogP contribution in [0.15, 0.2) is 19.0 Å². The first-order valence-electron chi connectivity index (χ1n) is 3.36. The summed E-state index contributed by atoms with van der Waals surface area (Å²) >= 11 is 5.78. The van der Waals surface area contributed by atoms with E-state index in [1.54, 1.807) is 6.08 Å². The third-order valence-electron chi connectivity index (χ3n) is 1.23. The zero-order valence-corrected chi connectivity index (χ0v) is 7.17. The SMILES string of the molecule is C=CCNc1ncnc(N)c1Cl. The molecule has 0 aliphatic carbocycles. The summed E-state index contributed by atoms with van der Waals surface area (Å²) in [6.07, 6.45) is 3.06. The van der Waals surface area contributed by atoms with Gasteiger partial charge in [0.05, 0.1) is 0 Å².